The molecule has 0 aliphatic carbocycles. The molecule has 4 nitrogen and oxygen atoms in total. The molecule has 90 valence electrons. The van der Waals surface area contributed by atoms with E-state index < -0.39 is 0 Å². The summed E-state index contributed by atoms with van der Waals surface area (Å²) in [5.41, 5.74) is 8.42. The van der Waals surface area contributed by atoms with Crippen LogP contribution in [0, 0.1) is 0 Å². The van der Waals surface area contributed by atoms with E-state index >= 15 is 0 Å². The number of aromatic nitrogens is 2. The van der Waals surface area contributed by atoms with E-state index in [-0.39, 0.29) is 0 Å². The molecular formula is C12H16N4S. The summed E-state index contributed by atoms with van der Waals surface area (Å²) in [6, 6.07) is 2.83. The van der Waals surface area contributed by atoms with Crippen molar-refractivity contribution in [2.24, 2.45) is 5.73 Å². The first-order chi connectivity index (χ1) is 8.25. The van der Waals surface area contributed by atoms with Gasteiger partial charge in [-0.05, 0) is 49.6 Å². The highest BCUT2D eigenvalue weighted by atomic mass is 32.1. The van der Waals surface area contributed by atoms with Gasteiger partial charge in [0, 0.05) is 18.3 Å². The zero-order valence-electron chi connectivity index (χ0n) is 9.84. The van der Waals surface area contributed by atoms with Crippen molar-refractivity contribution in [2.75, 3.05) is 13.6 Å². The fraction of sp³-hybridized carbons (Fsp3) is 0.500. The van der Waals surface area contributed by atoms with E-state index in [4.69, 9.17) is 5.73 Å². The molecule has 0 aromatic carbocycles. The molecule has 1 aliphatic rings. The molecule has 0 saturated carbocycles. The molecule has 0 spiro atoms. The van der Waals surface area contributed by atoms with Gasteiger partial charge in [0.25, 0.3) is 0 Å². The molecule has 2 N–H and O–H groups in total. The minimum Gasteiger partial charge on any atom is -0.328 e. The number of pyridine rings is 1. The van der Waals surface area contributed by atoms with Crippen molar-refractivity contribution in [3.63, 3.8) is 0 Å². The topological polar surface area (TPSA) is 55.0 Å². The fourth-order valence-electron chi connectivity index (χ4n) is 2.54. The van der Waals surface area contributed by atoms with Crippen LogP contribution in [-0.2, 0) is 0 Å². The second kappa shape index (κ2) is 4.33. The van der Waals surface area contributed by atoms with Crippen LogP contribution in [0.25, 0.3) is 10.2 Å². The number of rotatable bonds is 1. The lowest BCUT2D eigenvalue weighted by Crippen LogP contribution is -2.39. The molecule has 5 heteroatoms. The van der Waals surface area contributed by atoms with Crippen LogP contribution >= 0.6 is 11.5 Å². The fourth-order valence-corrected chi connectivity index (χ4v) is 3.30. The lowest BCUT2D eigenvalue weighted by atomic mass is 9.93. The van der Waals surface area contributed by atoms with Gasteiger partial charge >= 0.3 is 0 Å². The average Bonchev–Trinajstić information content (AvgIpc) is 2.80. The predicted molar refractivity (Wildman–Crippen MR) is 70.0 cm³/mol. The molecule has 0 bridgehead atoms. The van der Waals surface area contributed by atoms with Crippen molar-refractivity contribution < 1.29 is 0 Å². The molecule has 1 fully saturated rings. The summed E-state index contributed by atoms with van der Waals surface area (Å²) in [5.74, 6) is 0. The van der Waals surface area contributed by atoms with Gasteiger partial charge in [-0.25, -0.2) is 0 Å². The van der Waals surface area contributed by atoms with E-state index in [0.29, 0.717) is 12.1 Å². The molecule has 2 atom stereocenters. The highest BCUT2D eigenvalue weighted by Gasteiger charge is 2.27. The van der Waals surface area contributed by atoms with Gasteiger partial charge in [0.05, 0.1) is 10.9 Å². The third-order valence-electron chi connectivity index (χ3n) is 3.55. The maximum Gasteiger partial charge on any atom is 0.101 e. The molecule has 3 heterocycles. The average molecular weight is 248 g/mol. The summed E-state index contributed by atoms with van der Waals surface area (Å²) in [6.07, 6.45) is 5.82. The molecule has 2 aromatic rings. The predicted octanol–water partition coefficient (Wildman–Crippen LogP) is 1.79. The molecule has 2 aromatic heterocycles. The largest absolute Gasteiger partial charge is 0.328 e. The Morgan fingerprint density at radius 2 is 2.41 bits per heavy atom. The van der Waals surface area contributed by atoms with Gasteiger partial charge in [0.15, 0.2) is 0 Å². The Balaban J connectivity index is 2.04. The van der Waals surface area contributed by atoms with Crippen molar-refractivity contribution in [3.8, 4) is 0 Å². The number of likely N-dealkylation sites (tertiary alicyclic amines) is 1. The van der Waals surface area contributed by atoms with Crippen molar-refractivity contribution in [2.45, 2.75) is 24.9 Å². The number of piperidine rings is 1. The van der Waals surface area contributed by atoms with E-state index in [9.17, 15) is 0 Å². The monoisotopic (exact) mass is 248 g/mol. The molecule has 2 unspecified atom stereocenters. The third-order valence-corrected chi connectivity index (χ3v) is 4.39. The quantitative estimate of drug-likeness (QED) is 0.836. The van der Waals surface area contributed by atoms with Crippen LogP contribution in [0.5, 0.6) is 0 Å². The smallest absolute Gasteiger partial charge is 0.101 e. The van der Waals surface area contributed by atoms with Crippen molar-refractivity contribution in [1.29, 1.82) is 0 Å². The highest BCUT2D eigenvalue weighted by Crippen LogP contribution is 2.34. The normalized spacial score (nSPS) is 26.5. The van der Waals surface area contributed by atoms with Crippen LogP contribution < -0.4 is 5.73 Å². The van der Waals surface area contributed by atoms with E-state index in [1.54, 1.807) is 0 Å². The van der Waals surface area contributed by atoms with E-state index in [2.05, 4.69) is 27.4 Å². The van der Waals surface area contributed by atoms with Gasteiger partial charge in [0.2, 0.25) is 0 Å². The Hall–Kier alpha value is -1.04. The van der Waals surface area contributed by atoms with Gasteiger partial charge in [-0.1, -0.05) is 0 Å². The lowest BCUT2D eigenvalue weighted by Gasteiger charge is -2.36. The van der Waals surface area contributed by atoms with Gasteiger partial charge < -0.3 is 5.73 Å². The van der Waals surface area contributed by atoms with E-state index in [0.717, 1.165) is 24.9 Å². The van der Waals surface area contributed by atoms with Crippen LogP contribution in [0.15, 0.2) is 18.5 Å². The second-order valence-electron chi connectivity index (χ2n) is 4.72. The summed E-state index contributed by atoms with van der Waals surface area (Å²) in [6.45, 7) is 1.06. The number of hydrogen-bond acceptors (Lipinski definition) is 5. The van der Waals surface area contributed by atoms with Crippen molar-refractivity contribution in [1.82, 2.24) is 14.3 Å². The first-order valence-electron chi connectivity index (χ1n) is 5.91. The third kappa shape index (κ3) is 1.94. The van der Waals surface area contributed by atoms with Gasteiger partial charge in [-0.3, -0.25) is 9.88 Å². The van der Waals surface area contributed by atoms with Gasteiger partial charge in [0.1, 0.15) is 5.52 Å². The molecule has 0 amide bonds. The number of nitrogens with two attached hydrogens (primary N) is 1. The molecule has 3 rings (SSSR count). The molecule has 1 saturated heterocycles. The van der Waals surface area contributed by atoms with Crippen molar-refractivity contribution >= 4 is 21.7 Å². The Kier molecular flexibility index (Phi) is 2.82. The highest BCUT2D eigenvalue weighted by molar-refractivity contribution is 7.13. The molecule has 17 heavy (non-hydrogen) atoms. The summed E-state index contributed by atoms with van der Waals surface area (Å²) < 4.78 is 5.44. The lowest BCUT2D eigenvalue weighted by molar-refractivity contribution is 0.172. The van der Waals surface area contributed by atoms with Crippen LogP contribution in [0.1, 0.15) is 24.4 Å². The van der Waals surface area contributed by atoms with Crippen LogP contribution in [0.2, 0.25) is 0 Å². The van der Waals surface area contributed by atoms with Crippen molar-refractivity contribution in [3.05, 3.63) is 24.0 Å². The Morgan fingerprint density at radius 1 is 1.53 bits per heavy atom. The van der Waals surface area contributed by atoms with E-state index in [1.807, 2.05) is 12.4 Å². The first-order valence-corrected chi connectivity index (χ1v) is 6.68. The molecule has 0 radical (unpaired) electrons. The van der Waals surface area contributed by atoms with Crippen LogP contribution in [-0.4, -0.2) is 33.9 Å². The summed E-state index contributed by atoms with van der Waals surface area (Å²) in [5, 5.41) is 0. The molecular weight excluding hydrogens is 232 g/mol. The Labute approximate surface area is 105 Å². The SMILES string of the molecule is CN1CCC(N)CC1c1ccnc2cnsc12. The standard InChI is InChI=1S/C12H16N4S/c1-16-5-3-8(13)6-11(16)9-2-4-14-10-7-15-17-12(9)10/h2,4,7-8,11H,3,5-6,13H2,1H3. The zero-order valence-corrected chi connectivity index (χ0v) is 10.7. The number of nitrogens with zero attached hydrogens (tertiary/aromatic N) is 3. The zero-order chi connectivity index (χ0) is 11.8. The first kappa shape index (κ1) is 11.1. The van der Waals surface area contributed by atoms with Crippen LogP contribution in [0.4, 0.5) is 0 Å². The summed E-state index contributed by atoms with van der Waals surface area (Å²) >= 11 is 1.53. The van der Waals surface area contributed by atoms with Gasteiger partial charge in [-0.15, -0.1) is 0 Å². The Morgan fingerprint density at radius 3 is 3.29 bits per heavy atom. The minimum absolute atomic E-state index is 0.312. The maximum atomic E-state index is 6.09. The summed E-state index contributed by atoms with van der Waals surface area (Å²) in [4.78, 5) is 6.73. The summed E-state index contributed by atoms with van der Waals surface area (Å²) in [7, 11) is 2.17. The van der Waals surface area contributed by atoms with Crippen LogP contribution in [0.3, 0.4) is 0 Å². The van der Waals surface area contributed by atoms with Gasteiger partial charge in [-0.2, -0.15) is 4.37 Å². The number of hydrogen-bond donors (Lipinski definition) is 1. The minimum atomic E-state index is 0.312. The Bertz CT molecular complexity index is 524. The number of fused-ring (bicyclic) bond motifs is 1. The van der Waals surface area contributed by atoms with E-state index in [1.165, 1.54) is 21.8 Å². The second-order valence-corrected chi connectivity index (χ2v) is 5.52. The molecule has 1 aliphatic heterocycles. The maximum absolute atomic E-state index is 6.09.